The smallest absolute Gasteiger partial charge is 0.194 e. The summed E-state index contributed by atoms with van der Waals surface area (Å²) < 4.78 is 41.2. The second kappa shape index (κ2) is 4.79. The molecule has 18 heavy (non-hydrogen) atoms. The van der Waals surface area contributed by atoms with Gasteiger partial charge in [-0.15, -0.1) is 0 Å². The Morgan fingerprint density at radius 2 is 1.94 bits per heavy atom. The summed E-state index contributed by atoms with van der Waals surface area (Å²) in [4.78, 5) is 0. The molecule has 4 nitrogen and oxygen atoms in total. The first-order chi connectivity index (χ1) is 8.54. The quantitative estimate of drug-likeness (QED) is 0.495. The Balaban J connectivity index is 2.49. The molecule has 96 valence electrons. The van der Waals surface area contributed by atoms with E-state index in [0.29, 0.717) is 5.69 Å². The second-order valence-electron chi connectivity index (χ2n) is 3.78. The lowest BCUT2D eigenvalue weighted by Crippen LogP contribution is -2.30. The van der Waals surface area contributed by atoms with Crippen LogP contribution in [0.25, 0.3) is 0 Å². The molecule has 0 aliphatic carbocycles. The monoisotopic (exact) mass is 256 g/mol. The Morgan fingerprint density at radius 3 is 2.50 bits per heavy atom. The molecule has 1 heterocycles. The van der Waals surface area contributed by atoms with Gasteiger partial charge in [0.25, 0.3) is 0 Å². The standard InChI is InChI=1S/C11H11F3N4/c1-18-5-4-8(17-18)11(16-15)6-2-3-7(12)10(14)9(6)13/h2-5,11,16H,15H2,1H3. The van der Waals surface area contributed by atoms with E-state index in [9.17, 15) is 13.2 Å². The van der Waals surface area contributed by atoms with Crippen LogP contribution in [0.15, 0.2) is 24.4 Å². The fourth-order valence-corrected chi connectivity index (χ4v) is 1.69. The van der Waals surface area contributed by atoms with E-state index in [1.165, 1.54) is 4.68 Å². The van der Waals surface area contributed by atoms with Crippen LogP contribution in [0.4, 0.5) is 13.2 Å². The van der Waals surface area contributed by atoms with Crippen LogP contribution in [-0.4, -0.2) is 9.78 Å². The van der Waals surface area contributed by atoms with Crippen LogP contribution < -0.4 is 11.3 Å². The van der Waals surface area contributed by atoms with Gasteiger partial charge < -0.3 is 0 Å². The Labute approximate surface area is 101 Å². The van der Waals surface area contributed by atoms with Gasteiger partial charge >= 0.3 is 0 Å². The highest BCUT2D eigenvalue weighted by atomic mass is 19.2. The number of halogens is 3. The molecule has 0 aliphatic heterocycles. The predicted octanol–water partition coefficient (Wildman–Crippen LogP) is 1.39. The van der Waals surface area contributed by atoms with Crippen LogP contribution in [0.5, 0.6) is 0 Å². The maximum absolute atomic E-state index is 13.6. The molecule has 1 atom stereocenters. The number of hydrogen-bond acceptors (Lipinski definition) is 3. The summed E-state index contributed by atoms with van der Waals surface area (Å²) in [5, 5.41) is 4.04. The van der Waals surface area contributed by atoms with Crippen molar-refractivity contribution in [2.24, 2.45) is 12.9 Å². The Hall–Kier alpha value is -1.86. The van der Waals surface area contributed by atoms with Gasteiger partial charge in [-0.05, 0) is 12.1 Å². The van der Waals surface area contributed by atoms with E-state index in [4.69, 9.17) is 5.84 Å². The number of nitrogens with zero attached hydrogens (tertiary/aromatic N) is 2. The highest BCUT2D eigenvalue weighted by Crippen LogP contribution is 2.25. The van der Waals surface area contributed by atoms with Gasteiger partial charge in [0.05, 0.1) is 11.7 Å². The molecular formula is C11H11F3N4. The lowest BCUT2D eigenvalue weighted by Gasteiger charge is -2.15. The van der Waals surface area contributed by atoms with Gasteiger partial charge in [0.1, 0.15) is 0 Å². The number of benzene rings is 1. The number of nitrogens with one attached hydrogen (secondary N) is 1. The molecule has 0 spiro atoms. The summed E-state index contributed by atoms with van der Waals surface area (Å²) in [5.74, 6) is 1.28. The Morgan fingerprint density at radius 1 is 1.22 bits per heavy atom. The minimum absolute atomic E-state index is 0.102. The van der Waals surface area contributed by atoms with Gasteiger partial charge in [0.2, 0.25) is 0 Å². The van der Waals surface area contributed by atoms with Gasteiger partial charge in [0.15, 0.2) is 17.5 Å². The van der Waals surface area contributed by atoms with E-state index in [0.717, 1.165) is 12.1 Å². The highest BCUT2D eigenvalue weighted by molar-refractivity contribution is 5.29. The molecule has 2 rings (SSSR count). The summed E-state index contributed by atoms with van der Waals surface area (Å²) in [6.07, 6.45) is 1.64. The fourth-order valence-electron chi connectivity index (χ4n) is 1.69. The molecule has 1 unspecified atom stereocenters. The third-order valence-electron chi connectivity index (χ3n) is 2.57. The van der Waals surface area contributed by atoms with E-state index < -0.39 is 23.5 Å². The zero-order chi connectivity index (χ0) is 13.3. The first-order valence-electron chi connectivity index (χ1n) is 5.13. The van der Waals surface area contributed by atoms with Crippen molar-refractivity contribution < 1.29 is 13.2 Å². The molecule has 0 aliphatic rings. The van der Waals surface area contributed by atoms with Crippen LogP contribution in [-0.2, 0) is 7.05 Å². The molecule has 0 saturated heterocycles. The first-order valence-corrected chi connectivity index (χ1v) is 5.13. The van der Waals surface area contributed by atoms with Crippen molar-refractivity contribution in [2.75, 3.05) is 0 Å². The zero-order valence-corrected chi connectivity index (χ0v) is 9.49. The van der Waals surface area contributed by atoms with E-state index in [-0.39, 0.29) is 5.56 Å². The minimum Gasteiger partial charge on any atom is -0.275 e. The van der Waals surface area contributed by atoms with Crippen molar-refractivity contribution in [1.82, 2.24) is 15.2 Å². The topological polar surface area (TPSA) is 55.9 Å². The SMILES string of the molecule is Cn1ccc(C(NN)c2ccc(F)c(F)c2F)n1. The minimum atomic E-state index is -1.52. The molecule has 0 amide bonds. The number of nitrogens with two attached hydrogens (primary N) is 1. The van der Waals surface area contributed by atoms with Crippen LogP contribution >= 0.6 is 0 Å². The molecule has 1 aromatic carbocycles. The molecule has 1 aromatic heterocycles. The average molecular weight is 256 g/mol. The first kappa shape index (κ1) is 12.6. The van der Waals surface area contributed by atoms with Crippen LogP contribution in [0.1, 0.15) is 17.3 Å². The van der Waals surface area contributed by atoms with Crippen molar-refractivity contribution in [3.63, 3.8) is 0 Å². The molecule has 0 radical (unpaired) electrons. The second-order valence-corrected chi connectivity index (χ2v) is 3.78. The Bertz CT molecular complexity index is 567. The third-order valence-corrected chi connectivity index (χ3v) is 2.57. The number of hydrogen-bond donors (Lipinski definition) is 2. The van der Waals surface area contributed by atoms with Crippen LogP contribution in [0.3, 0.4) is 0 Å². The molecule has 0 bridgehead atoms. The van der Waals surface area contributed by atoms with Crippen molar-refractivity contribution >= 4 is 0 Å². The van der Waals surface area contributed by atoms with Crippen molar-refractivity contribution in [2.45, 2.75) is 6.04 Å². The van der Waals surface area contributed by atoms with Crippen LogP contribution in [0.2, 0.25) is 0 Å². The van der Waals surface area contributed by atoms with Crippen molar-refractivity contribution in [1.29, 1.82) is 0 Å². The maximum Gasteiger partial charge on any atom is 0.194 e. The highest BCUT2D eigenvalue weighted by Gasteiger charge is 2.22. The summed E-state index contributed by atoms with van der Waals surface area (Å²) in [5.41, 5.74) is 2.64. The summed E-state index contributed by atoms with van der Waals surface area (Å²) in [6.45, 7) is 0. The van der Waals surface area contributed by atoms with E-state index in [1.807, 2.05) is 0 Å². The number of hydrazine groups is 1. The molecule has 3 N–H and O–H groups in total. The van der Waals surface area contributed by atoms with Crippen LogP contribution in [0, 0.1) is 17.5 Å². The molecule has 0 fully saturated rings. The van der Waals surface area contributed by atoms with E-state index in [2.05, 4.69) is 10.5 Å². The van der Waals surface area contributed by atoms with Gasteiger partial charge in [-0.3, -0.25) is 10.5 Å². The third kappa shape index (κ3) is 2.09. The lowest BCUT2D eigenvalue weighted by molar-refractivity contribution is 0.432. The van der Waals surface area contributed by atoms with Crippen molar-refractivity contribution in [3.8, 4) is 0 Å². The Kier molecular flexibility index (Phi) is 3.35. The maximum atomic E-state index is 13.6. The average Bonchev–Trinajstić information content (AvgIpc) is 2.77. The van der Waals surface area contributed by atoms with E-state index in [1.54, 1.807) is 19.3 Å². The fraction of sp³-hybridized carbons (Fsp3) is 0.182. The van der Waals surface area contributed by atoms with Gasteiger partial charge in [-0.2, -0.15) is 5.10 Å². The van der Waals surface area contributed by atoms with E-state index >= 15 is 0 Å². The lowest BCUT2D eigenvalue weighted by atomic mass is 10.0. The zero-order valence-electron chi connectivity index (χ0n) is 9.49. The number of aromatic nitrogens is 2. The summed E-state index contributed by atoms with van der Waals surface area (Å²) >= 11 is 0. The molecule has 2 aromatic rings. The van der Waals surface area contributed by atoms with Crippen molar-refractivity contribution in [3.05, 3.63) is 53.1 Å². The predicted molar refractivity (Wildman–Crippen MR) is 58.7 cm³/mol. The normalized spacial score (nSPS) is 12.7. The van der Waals surface area contributed by atoms with Gasteiger partial charge in [-0.25, -0.2) is 18.6 Å². The number of aryl methyl sites for hydroxylation is 1. The molecule has 0 saturated carbocycles. The van der Waals surface area contributed by atoms with Gasteiger partial charge in [0, 0.05) is 18.8 Å². The molecular weight excluding hydrogens is 245 g/mol. The largest absolute Gasteiger partial charge is 0.275 e. The molecule has 7 heteroatoms. The van der Waals surface area contributed by atoms with Gasteiger partial charge in [-0.1, -0.05) is 6.07 Å². The summed E-state index contributed by atoms with van der Waals surface area (Å²) in [7, 11) is 1.68. The summed E-state index contributed by atoms with van der Waals surface area (Å²) in [6, 6.07) is 2.74. The number of rotatable bonds is 3.